The Kier molecular flexibility index (Phi) is 2.86. The van der Waals surface area contributed by atoms with Gasteiger partial charge in [0, 0.05) is 36.7 Å². The van der Waals surface area contributed by atoms with Crippen molar-refractivity contribution in [3.05, 3.63) is 17.0 Å². The summed E-state index contributed by atoms with van der Waals surface area (Å²) in [6, 6.07) is 0. The zero-order valence-corrected chi connectivity index (χ0v) is 10.7. The van der Waals surface area contributed by atoms with E-state index in [1.54, 1.807) is 0 Å². The molecular weight excluding hydrogens is 230 g/mol. The summed E-state index contributed by atoms with van der Waals surface area (Å²) < 4.78 is 1.95. The first kappa shape index (κ1) is 11.7. The molecule has 0 amide bonds. The van der Waals surface area contributed by atoms with Crippen molar-refractivity contribution in [2.24, 2.45) is 0 Å². The maximum absolute atomic E-state index is 10.7. The van der Waals surface area contributed by atoms with Gasteiger partial charge in [0.15, 0.2) is 0 Å². The van der Waals surface area contributed by atoms with E-state index < -0.39 is 5.97 Å². The molecule has 0 bridgehead atoms. The molecule has 0 aromatic carbocycles. The van der Waals surface area contributed by atoms with Crippen molar-refractivity contribution < 1.29 is 9.90 Å². The largest absolute Gasteiger partial charge is 0.481 e. The highest BCUT2D eigenvalue weighted by molar-refractivity contribution is 5.66. The van der Waals surface area contributed by atoms with Crippen LogP contribution in [0.15, 0.2) is 0 Å². The van der Waals surface area contributed by atoms with Gasteiger partial charge in [0.25, 0.3) is 0 Å². The van der Waals surface area contributed by atoms with Gasteiger partial charge in [-0.25, -0.2) is 0 Å². The molecule has 98 valence electrons. The Hall–Kier alpha value is -1.36. The Morgan fingerprint density at radius 2 is 2.28 bits per heavy atom. The molecule has 3 rings (SSSR count). The smallest absolute Gasteiger partial charge is 0.305 e. The van der Waals surface area contributed by atoms with Crippen molar-refractivity contribution in [1.82, 2.24) is 14.7 Å². The second kappa shape index (κ2) is 4.39. The van der Waals surface area contributed by atoms with Crippen LogP contribution < -0.4 is 0 Å². The summed E-state index contributed by atoms with van der Waals surface area (Å²) in [5.41, 5.74) is 3.88. The van der Waals surface area contributed by atoms with Crippen molar-refractivity contribution in [3.8, 4) is 0 Å². The van der Waals surface area contributed by atoms with Gasteiger partial charge in [-0.05, 0) is 19.9 Å². The first-order chi connectivity index (χ1) is 8.65. The van der Waals surface area contributed by atoms with Crippen molar-refractivity contribution in [2.45, 2.75) is 44.7 Å². The monoisotopic (exact) mass is 249 g/mol. The number of hydrogen-bond donors (Lipinski definition) is 1. The van der Waals surface area contributed by atoms with E-state index in [9.17, 15) is 4.79 Å². The minimum Gasteiger partial charge on any atom is -0.481 e. The summed E-state index contributed by atoms with van der Waals surface area (Å²) in [4.78, 5) is 13.0. The van der Waals surface area contributed by atoms with E-state index in [2.05, 4.69) is 17.0 Å². The van der Waals surface area contributed by atoms with Crippen LogP contribution in [0.25, 0.3) is 0 Å². The highest BCUT2D eigenvalue weighted by atomic mass is 16.4. The third kappa shape index (κ3) is 2.14. The van der Waals surface area contributed by atoms with Crippen LogP contribution in [0.4, 0.5) is 0 Å². The molecular formula is C13H19N3O2. The van der Waals surface area contributed by atoms with Gasteiger partial charge in [0.05, 0.1) is 18.7 Å². The highest BCUT2D eigenvalue weighted by Crippen LogP contribution is 2.42. The van der Waals surface area contributed by atoms with Crippen molar-refractivity contribution >= 4 is 5.97 Å². The van der Waals surface area contributed by atoms with Crippen LogP contribution in [-0.2, 0) is 24.3 Å². The Balaban J connectivity index is 1.89. The molecule has 0 unspecified atom stereocenters. The molecule has 5 nitrogen and oxygen atoms in total. The molecule has 0 saturated heterocycles. The van der Waals surface area contributed by atoms with Gasteiger partial charge in [0.2, 0.25) is 0 Å². The van der Waals surface area contributed by atoms with Gasteiger partial charge in [-0.1, -0.05) is 0 Å². The fourth-order valence-corrected chi connectivity index (χ4v) is 2.72. The molecule has 5 heteroatoms. The van der Waals surface area contributed by atoms with Gasteiger partial charge in [-0.15, -0.1) is 0 Å². The van der Waals surface area contributed by atoms with Crippen LogP contribution in [0, 0.1) is 0 Å². The molecule has 2 aliphatic rings. The average molecular weight is 249 g/mol. The summed E-state index contributed by atoms with van der Waals surface area (Å²) in [6.45, 7) is 2.51. The van der Waals surface area contributed by atoms with Crippen LogP contribution in [-0.4, -0.2) is 39.3 Å². The van der Waals surface area contributed by atoms with E-state index >= 15 is 0 Å². The Bertz CT molecular complexity index is 477. The van der Waals surface area contributed by atoms with Crippen LogP contribution >= 0.6 is 0 Å². The number of fused-ring (bicyclic) bond motifs is 1. The minimum absolute atomic E-state index is 0.161. The molecule has 1 N–H and O–H groups in total. The Morgan fingerprint density at radius 3 is 2.94 bits per heavy atom. The molecule has 0 atom stereocenters. The van der Waals surface area contributed by atoms with E-state index in [-0.39, 0.29) is 6.42 Å². The Morgan fingerprint density at radius 1 is 1.50 bits per heavy atom. The van der Waals surface area contributed by atoms with Gasteiger partial charge in [0.1, 0.15) is 0 Å². The first-order valence-corrected chi connectivity index (χ1v) is 6.64. The Labute approximate surface area is 106 Å². The molecule has 1 saturated carbocycles. The normalized spacial score (nSPS) is 19.8. The van der Waals surface area contributed by atoms with E-state index in [4.69, 9.17) is 5.11 Å². The van der Waals surface area contributed by atoms with Gasteiger partial charge in [-0.3, -0.25) is 9.48 Å². The SMILES string of the molecule is CN1CCc2c(c(C3CC3)nn2CCC(=O)O)C1. The number of rotatable bonds is 4. The van der Waals surface area contributed by atoms with E-state index in [1.165, 1.54) is 29.8 Å². The second-order valence-corrected chi connectivity index (χ2v) is 5.44. The van der Waals surface area contributed by atoms with Crippen LogP contribution in [0.3, 0.4) is 0 Å². The lowest BCUT2D eigenvalue weighted by molar-refractivity contribution is -0.137. The van der Waals surface area contributed by atoms with Gasteiger partial charge in [-0.2, -0.15) is 5.10 Å². The van der Waals surface area contributed by atoms with Crippen molar-refractivity contribution in [3.63, 3.8) is 0 Å². The molecule has 1 aromatic rings. The number of nitrogens with zero attached hydrogens (tertiary/aromatic N) is 3. The van der Waals surface area contributed by atoms with E-state index in [0.717, 1.165) is 19.5 Å². The summed E-state index contributed by atoms with van der Waals surface area (Å²) in [5, 5.41) is 13.5. The number of aryl methyl sites for hydroxylation is 1. The number of aromatic nitrogens is 2. The predicted molar refractivity (Wildman–Crippen MR) is 66.5 cm³/mol. The number of aliphatic carboxylic acids is 1. The third-order valence-electron chi connectivity index (χ3n) is 3.86. The van der Waals surface area contributed by atoms with Crippen molar-refractivity contribution in [2.75, 3.05) is 13.6 Å². The maximum Gasteiger partial charge on any atom is 0.305 e. The van der Waals surface area contributed by atoms with Crippen LogP contribution in [0.2, 0.25) is 0 Å². The first-order valence-electron chi connectivity index (χ1n) is 6.64. The topological polar surface area (TPSA) is 58.4 Å². The number of carboxylic acids is 1. The predicted octanol–water partition coefficient (Wildman–Crippen LogP) is 1.22. The standard InChI is InChI=1S/C13H19N3O2/c1-15-6-4-11-10(8-15)13(9-2-3-9)14-16(11)7-5-12(17)18/h9H,2-8H2,1H3,(H,17,18). The fraction of sp³-hybridized carbons (Fsp3) is 0.692. The number of likely N-dealkylation sites (N-methyl/N-ethyl adjacent to an activating group) is 1. The molecule has 0 radical (unpaired) electrons. The number of hydrogen-bond acceptors (Lipinski definition) is 3. The summed E-state index contributed by atoms with van der Waals surface area (Å²) in [6.07, 6.45) is 3.64. The fourth-order valence-electron chi connectivity index (χ4n) is 2.72. The molecule has 1 fully saturated rings. The zero-order chi connectivity index (χ0) is 12.7. The molecule has 18 heavy (non-hydrogen) atoms. The lowest BCUT2D eigenvalue weighted by Gasteiger charge is -2.23. The second-order valence-electron chi connectivity index (χ2n) is 5.44. The third-order valence-corrected chi connectivity index (χ3v) is 3.86. The molecule has 1 aliphatic heterocycles. The highest BCUT2D eigenvalue weighted by Gasteiger charge is 2.33. The molecule has 1 aliphatic carbocycles. The van der Waals surface area contributed by atoms with Crippen LogP contribution in [0.1, 0.15) is 42.1 Å². The number of carbonyl (C=O) groups is 1. The van der Waals surface area contributed by atoms with Crippen molar-refractivity contribution in [1.29, 1.82) is 0 Å². The van der Waals surface area contributed by atoms with Gasteiger partial charge < -0.3 is 10.0 Å². The van der Waals surface area contributed by atoms with E-state index in [0.29, 0.717) is 12.5 Å². The lowest BCUT2D eigenvalue weighted by Crippen LogP contribution is -2.27. The summed E-state index contributed by atoms with van der Waals surface area (Å²) in [5.74, 6) is -0.114. The molecule has 2 heterocycles. The molecule has 1 aromatic heterocycles. The summed E-state index contributed by atoms with van der Waals surface area (Å²) >= 11 is 0. The van der Waals surface area contributed by atoms with Crippen LogP contribution in [0.5, 0.6) is 0 Å². The maximum atomic E-state index is 10.7. The minimum atomic E-state index is -0.750. The molecule has 0 spiro atoms. The van der Waals surface area contributed by atoms with Gasteiger partial charge >= 0.3 is 5.97 Å². The van der Waals surface area contributed by atoms with E-state index in [1.807, 2.05) is 4.68 Å². The lowest BCUT2D eigenvalue weighted by atomic mass is 10.0. The zero-order valence-electron chi connectivity index (χ0n) is 10.7. The summed E-state index contributed by atoms with van der Waals surface area (Å²) in [7, 11) is 2.13. The number of carboxylic acid groups (broad SMARTS) is 1. The quantitative estimate of drug-likeness (QED) is 0.871. The average Bonchev–Trinajstić information content (AvgIpc) is 3.09.